The molecule has 3 rings (SSSR count). The Kier molecular flexibility index (Phi) is 5.23. The fraction of sp³-hybridized carbons (Fsp3) is 0.500. The van der Waals surface area contributed by atoms with Crippen LogP contribution in [0.3, 0.4) is 0 Å². The Labute approximate surface area is 149 Å². The number of carbonyl (C=O) groups is 1. The molecule has 1 fully saturated rings. The summed E-state index contributed by atoms with van der Waals surface area (Å²) in [5.41, 5.74) is 1.80. The molecule has 1 saturated heterocycles. The Morgan fingerprint density at radius 2 is 2.20 bits per heavy atom. The van der Waals surface area contributed by atoms with Crippen LogP contribution in [0.2, 0.25) is 0 Å². The standard InChI is InChI=1S/C20H27N3O2/c1-20(2,3)23-11-8-17(13-23)19(24)22-10-5-7-18(14-22)25-15-16-6-4-9-21-12-16/h4,6,8-9,11-13,18H,5,7,10,14-15H2,1-3H3/t18-/m1/s1. The summed E-state index contributed by atoms with van der Waals surface area (Å²) < 4.78 is 8.09. The molecule has 0 saturated carbocycles. The molecule has 5 nitrogen and oxygen atoms in total. The SMILES string of the molecule is CC(C)(C)n1ccc(C(=O)N2CCC[C@@H](OCc3cccnc3)C2)c1. The largest absolute Gasteiger partial charge is 0.372 e. The summed E-state index contributed by atoms with van der Waals surface area (Å²) in [6.45, 7) is 8.38. The number of amides is 1. The molecule has 1 amide bonds. The van der Waals surface area contributed by atoms with E-state index >= 15 is 0 Å². The highest BCUT2D eigenvalue weighted by Crippen LogP contribution is 2.20. The van der Waals surface area contributed by atoms with Crippen molar-refractivity contribution < 1.29 is 9.53 Å². The molecule has 0 spiro atoms. The highest BCUT2D eigenvalue weighted by atomic mass is 16.5. The lowest BCUT2D eigenvalue weighted by molar-refractivity contribution is -0.00681. The first-order valence-corrected chi connectivity index (χ1v) is 8.92. The molecule has 0 aliphatic carbocycles. The highest BCUT2D eigenvalue weighted by Gasteiger charge is 2.26. The molecule has 5 heteroatoms. The molecule has 0 unspecified atom stereocenters. The minimum Gasteiger partial charge on any atom is -0.372 e. The number of ether oxygens (including phenoxy) is 1. The fourth-order valence-electron chi connectivity index (χ4n) is 3.08. The number of likely N-dealkylation sites (tertiary alicyclic amines) is 1. The van der Waals surface area contributed by atoms with E-state index in [4.69, 9.17) is 4.74 Å². The molecular weight excluding hydrogens is 314 g/mol. The van der Waals surface area contributed by atoms with Crippen molar-refractivity contribution in [2.45, 2.75) is 51.9 Å². The van der Waals surface area contributed by atoms with Crippen LogP contribution in [0.15, 0.2) is 43.0 Å². The summed E-state index contributed by atoms with van der Waals surface area (Å²) >= 11 is 0. The van der Waals surface area contributed by atoms with Gasteiger partial charge in [0.15, 0.2) is 0 Å². The van der Waals surface area contributed by atoms with E-state index in [-0.39, 0.29) is 17.6 Å². The van der Waals surface area contributed by atoms with E-state index in [2.05, 4.69) is 30.3 Å². The molecule has 0 bridgehead atoms. The van der Waals surface area contributed by atoms with E-state index in [1.165, 1.54) is 0 Å². The second-order valence-corrected chi connectivity index (χ2v) is 7.67. The van der Waals surface area contributed by atoms with Crippen LogP contribution in [-0.4, -0.2) is 39.6 Å². The van der Waals surface area contributed by atoms with Gasteiger partial charge in [-0.15, -0.1) is 0 Å². The van der Waals surface area contributed by atoms with E-state index in [0.717, 1.165) is 30.5 Å². The molecule has 1 aliphatic rings. The Balaban J connectivity index is 1.59. The lowest BCUT2D eigenvalue weighted by Crippen LogP contribution is -2.43. The van der Waals surface area contributed by atoms with Gasteiger partial charge < -0.3 is 14.2 Å². The van der Waals surface area contributed by atoms with Crippen LogP contribution >= 0.6 is 0 Å². The van der Waals surface area contributed by atoms with Crippen LogP contribution in [0, 0.1) is 0 Å². The van der Waals surface area contributed by atoms with Gasteiger partial charge in [0.05, 0.1) is 18.3 Å². The third-order valence-corrected chi connectivity index (χ3v) is 4.59. The summed E-state index contributed by atoms with van der Waals surface area (Å²) in [5, 5.41) is 0. The van der Waals surface area contributed by atoms with Gasteiger partial charge in [-0.1, -0.05) is 6.07 Å². The van der Waals surface area contributed by atoms with Crippen molar-refractivity contribution in [1.82, 2.24) is 14.5 Å². The van der Waals surface area contributed by atoms with Crippen molar-refractivity contribution in [2.75, 3.05) is 13.1 Å². The molecule has 25 heavy (non-hydrogen) atoms. The number of hydrogen-bond donors (Lipinski definition) is 0. The quantitative estimate of drug-likeness (QED) is 0.856. The molecule has 2 aromatic rings. The Morgan fingerprint density at radius 1 is 1.36 bits per heavy atom. The molecule has 0 radical (unpaired) electrons. The third-order valence-electron chi connectivity index (χ3n) is 4.59. The number of carbonyl (C=O) groups excluding carboxylic acids is 1. The predicted octanol–water partition coefficient (Wildman–Crippen LogP) is 3.46. The first-order chi connectivity index (χ1) is 11.9. The van der Waals surface area contributed by atoms with Crippen LogP contribution < -0.4 is 0 Å². The maximum Gasteiger partial charge on any atom is 0.255 e. The average Bonchev–Trinajstić information content (AvgIpc) is 3.11. The Morgan fingerprint density at radius 3 is 2.88 bits per heavy atom. The van der Waals surface area contributed by atoms with Gasteiger partial charge in [0, 0.05) is 43.4 Å². The van der Waals surface area contributed by atoms with Gasteiger partial charge in [-0.05, 0) is 51.3 Å². The normalized spacial score (nSPS) is 18.4. The van der Waals surface area contributed by atoms with Gasteiger partial charge in [-0.3, -0.25) is 9.78 Å². The van der Waals surface area contributed by atoms with E-state index in [0.29, 0.717) is 13.2 Å². The third kappa shape index (κ3) is 4.48. The Hall–Kier alpha value is -2.14. The van der Waals surface area contributed by atoms with Crippen molar-refractivity contribution in [3.63, 3.8) is 0 Å². The molecule has 1 atom stereocenters. The summed E-state index contributed by atoms with van der Waals surface area (Å²) in [6.07, 6.45) is 9.56. The zero-order valence-corrected chi connectivity index (χ0v) is 15.3. The first-order valence-electron chi connectivity index (χ1n) is 8.92. The van der Waals surface area contributed by atoms with E-state index < -0.39 is 0 Å². The smallest absolute Gasteiger partial charge is 0.255 e. The second kappa shape index (κ2) is 7.40. The summed E-state index contributed by atoms with van der Waals surface area (Å²) in [4.78, 5) is 18.8. The minimum atomic E-state index is -0.0181. The van der Waals surface area contributed by atoms with Crippen molar-refractivity contribution in [3.8, 4) is 0 Å². The van der Waals surface area contributed by atoms with Crippen molar-refractivity contribution in [1.29, 1.82) is 0 Å². The van der Waals surface area contributed by atoms with Gasteiger partial charge in [0.2, 0.25) is 0 Å². The molecule has 2 aromatic heterocycles. The maximum absolute atomic E-state index is 12.8. The lowest BCUT2D eigenvalue weighted by atomic mass is 10.1. The second-order valence-electron chi connectivity index (χ2n) is 7.67. The van der Waals surface area contributed by atoms with Gasteiger partial charge in [-0.2, -0.15) is 0 Å². The van der Waals surface area contributed by atoms with Crippen LogP contribution in [0.5, 0.6) is 0 Å². The Bertz CT molecular complexity index is 703. The molecular formula is C20H27N3O2. The van der Waals surface area contributed by atoms with Crippen LogP contribution in [0.1, 0.15) is 49.5 Å². The van der Waals surface area contributed by atoms with E-state index in [1.807, 2.05) is 41.7 Å². The van der Waals surface area contributed by atoms with Gasteiger partial charge in [0.25, 0.3) is 5.91 Å². The zero-order valence-electron chi connectivity index (χ0n) is 15.3. The molecule has 0 N–H and O–H groups in total. The van der Waals surface area contributed by atoms with Crippen molar-refractivity contribution >= 4 is 5.91 Å². The summed E-state index contributed by atoms with van der Waals surface area (Å²) in [5.74, 6) is 0.0951. The number of pyridine rings is 1. The van der Waals surface area contributed by atoms with Crippen molar-refractivity contribution in [3.05, 3.63) is 54.1 Å². The average molecular weight is 341 g/mol. The first kappa shape index (κ1) is 17.7. The van der Waals surface area contributed by atoms with Crippen LogP contribution in [-0.2, 0) is 16.9 Å². The van der Waals surface area contributed by atoms with E-state index in [1.54, 1.807) is 6.20 Å². The van der Waals surface area contributed by atoms with Gasteiger partial charge in [0.1, 0.15) is 0 Å². The number of hydrogen-bond acceptors (Lipinski definition) is 3. The van der Waals surface area contributed by atoms with Crippen molar-refractivity contribution in [2.24, 2.45) is 0 Å². The number of piperidine rings is 1. The minimum absolute atomic E-state index is 0.0181. The molecule has 134 valence electrons. The maximum atomic E-state index is 12.8. The molecule has 3 heterocycles. The van der Waals surface area contributed by atoms with E-state index in [9.17, 15) is 4.79 Å². The van der Waals surface area contributed by atoms with Gasteiger partial charge >= 0.3 is 0 Å². The molecule has 0 aromatic carbocycles. The van der Waals surface area contributed by atoms with Crippen LogP contribution in [0.25, 0.3) is 0 Å². The monoisotopic (exact) mass is 341 g/mol. The number of rotatable bonds is 4. The number of nitrogens with zero attached hydrogens (tertiary/aromatic N) is 3. The number of aromatic nitrogens is 2. The predicted molar refractivity (Wildman–Crippen MR) is 97.4 cm³/mol. The highest BCUT2D eigenvalue weighted by molar-refractivity contribution is 5.94. The topological polar surface area (TPSA) is 47.4 Å². The lowest BCUT2D eigenvalue weighted by Gasteiger charge is -2.32. The van der Waals surface area contributed by atoms with Crippen LogP contribution in [0.4, 0.5) is 0 Å². The zero-order chi connectivity index (χ0) is 17.9. The summed E-state index contributed by atoms with van der Waals surface area (Å²) in [6, 6.07) is 5.83. The van der Waals surface area contributed by atoms with Gasteiger partial charge in [-0.25, -0.2) is 0 Å². The fourth-order valence-corrected chi connectivity index (χ4v) is 3.08. The summed E-state index contributed by atoms with van der Waals surface area (Å²) in [7, 11) is 0. The molecule has 1 aliphatic heterocycles.